The summed E-state index contributed by atoms with van der Waals surface area (Å²) in [4.78, 5) is 26.4. The third-order valence-corrected chi connectivity index (χ3v) is 3.94. The average Bonchev–Trinajstić information content (AvgIpc) is 2.48. The van der Waals surface area contributed by atoms with Crippen LogP contribution in [0.4, 0.5) is 0 Å². The Hall–Kier alpha value is -1.30. The van der Waals surface area contributed by atoms with E-state index in [9.17, 15) is 9.59 Å². The third-order valence-electron chi connectivity index (χ3n) is 3.50. The van der Waals surface area contributed by atoms with Crippen LogP contribution in [-0.2, 0) is 9.59 Å². The van der Waals surface area contributed by atoms with Gasteiger partial charge in [-0.3, -0.25) is 14.5 Å². The summed E-state index contributed by atoms with van der Waals surface area (Å²) in [5.74, 6) is -0.475. The third kappa shape index (κ3) is 6.30. The molecule has 0 heterocycles. The minimum absolute atomic E-state index is 0.0275. The van der Waals surface area contributed by atoms with Gasteiger partial charge in [0.2, 0.25) is 11.8 Å². The smallest absolute Gasteiger partial charge is 0.242 e. The Morgan fingerprint density at radius 2 is 1.62 bits per heavy atom. The van der Waals surface area contributed by atoms with Crippen molar-refractivity contribution in [1.29, 1.82) is 0 Å². The summed E-state index contributed by atoms with van der Waals surface area (Å²) in [7, 11) is 0. The van der Waals surface area contributed by atoms with E-state index in [0.29, 0.717) is 28.7 Å². The van der Waals surface area contributed by atoms with Crippen LogP contribution < -0.4 is 10.6 Å². The highest BCUT2D eigenvalue weighted by Gasteiger charge is 2.26. The number of amides is 2. The van der Waals surface area contributed by atoms with Gasteiger partial charge in [-0.2, -0.15) is 0 Å². The predicted molar refractivity (Wildman–Crippen MR) is 98.4 cm³/mol. The number of rotatable bonds is 8. The Labute approximate surface area is 153 Å². The van der Waals surface area contributed by atoms with Crippen LogP contribution in [0.5, 0.6) is 0 Å². The number of carbonyl (C=O) groups excluding carboxylic acids is 2. The highest BCUT2D eigenvalue weighted by molar-refractivity contribution is 6.34. The van der Waals surface area contributed by atoms with Crippen LogP contribution in [0.25, 0.3) is 0 Å². The standard InChI is InChI=1S/C17H25Cl2N3O2/c1-5-22(6-2)16(12-7-13(18)9-14(19)8-12)17(24)20-10-15(23)21-11(3)4/h7-9,11,16H,5-6,10H2,1-4H3,(H,20,24)(H,21,23)/t16-/m0/s1. The van der Waals surface area contributed by atoms with Crippen LogP contribution in [0.2, 0.25) is 10.0 Å². The van der Waals surface area contributed by atoms with Crippen molar-refractivity contribution in [3.8, 4) is 0 Å². The van der Waals surface area contributed by atoms with Gasteiger partial charge in [-0.25, -0.2) is 0 Å². The zero-order chi connectivity index (χ0) is 18.3. The van der Waals surface area contributed by atoms with E-state index in [0.717, 1.165) is 0 Å². The van der Waals surface area contributed by atoms with Crippen LogP contribution in [0.3, 0.4) is 0 Å². The summed E-state index contributed by atoms with van der Waals surface area (Å²) in [6, 6.07) is 4.55. The molecular weight excluding hydrogens is 349 g/mol. The molecule has 2 amide bonds. The highest BCUT2D eigenvalue weighted by Crippen LogP contribution is 2.27. The van der Waals surface area contributed by atoms with E-state index < -0.39 is 6.04 Å². The minimum Gasteiger partial charge on any atom is -0.352 e. The molecule has 1 atom stereocenters. The first-order chi connectivity index (χ1) is 11.3. The first kappa shape index (κ1) is 20.7. The lowest BCUT2D eigenvalue weighted by Crippen LogP contribution is -2.45. The number of hydrogen-bond acceptors (Lipinski definition) is 3. The maximum absolute atomic E-state index is 12.7. The molecule has 0 spiro atoms. The molecule has 0 aliphatic carbocycles. The maximum atomic E-state index is 12.7. The molecule has 1 aromatic rings. The maximum Gasteiger partial charge on any atom is 0.242 e. The van der Waals surface area contributed by atoms with E-state index in [4.69, 9.17) is 23.2 Å². The summed E-state index contributed by atoms with van der Waals surface area (Å²) in [5, 5.41) is 6.38. The number of likely N-dealkylation sites (N-methyl/N-ethyl adjacent to an activating group) is 1. The zero-order valence-corrected chi connectivity index (χ0v) is 16.0. The van der Waals surface area contributed by atoms with Crippen molar-refractivity contribution in [2.75, 3.05) is 19.6 Å². The molecule has 2 N–H and O–H groups in total. The van der Waals surface area contributed by atoms with Gasteiger partial charge < -0.3 is 10.6 Å². The number of carbonyl (C=O) groups is 2. The molecule has 0 unspecified atom stereocenters. The van der Waals surface area contributed by atoms with Crippen LogP contribution in [0, 0.1) is 0 Å². The topological polar surface area (TPSA) is 61.4 Å². The predicted octanol–water partition coefficient (Wildman–Crippen LogP) is 3.02. The molecule has 1 aromatic carbocycles. The molecule has 0 radical (unpaired) electrons. The van der Waals surface area contributed by atoms with E-state index in [1.807, 2.05) is 32.6 Å². The summed E-state index contributed by atoms with van der Waals surface area (Å²) in [6.45, 7) is 8.97. The quantitative estimate of drug-likeness (QED) is 0.735. The number of halogens is 2. The van der Waals surface area contributed by atoms with Gasteiger partial charge in [0.15, 0.2) is 0 Å². The Balaban J connectivity index is 2.97. The number of nitrogens with one attached hydrogen (secondary N) is 2. The fourth-order valence-corrected chi connectivity index (χ4v) is 3.03. The van der Waals surface area contributed by atoms with Gasteiger partial charge in [-0.1, -0.05) is 37.0 Å². The lowest BCUT2D eigenvalue weighted by atomic mass is 10.0. The van der Waals surface area contributed by atoms with Gasteiger partial charge in [0, 0.05) is 16.1 Å². The minimum atomic E-state index is -0.553. The van der Waals surface area contributed by atoms with Crippen LogP contribution >= 0.6 is 23.2 Å². The van der Waals surface area contributed by atoms with Crippen LogP contribution in [0.1, 0.15) is 39.3 Å². The highest BCUT2D eigenvalue weighted by atomic mass is 35.5. The lowest BCUT2D eigenvalue weighted by Gasteiger charge is -2.29. The second-order valence-electron chi connectivity index (χ2n) is 5.77. The SMILES string of the molecule is CCN(CC)[C@H](C(=O)NCC(=O)NC(C)C)c1cc(Cl)cc(Cl)c1. The summed E-state index contributed by atoms with van der Waals surface area (Å²) >= 11 is 12.2. The van der Waals surface area contributed by atoms with Crippen LogP contribution in [0.15, 0.2) is 18.2 Å². The van der Waals surface area contributed by atoms with Gasteiger partial charge in [0.05, 0.1) is 6.54 Å². The van der Waals surface area contributed by atoms with Gasteiger partial charge in [0.1, 0.15) is 6.04 Å². The number of nitrogens with zero attached hydrogens (tertiary/aromatic N) is 1. The molecule has 5 nitrogen and oxygen atoms in total. The van der Waals surface area contributed by atoms with Crippen molar-refractivity contribution in [3.05, 3.63) is 33.8 Å². The van der Waals surface area contributed by atoms with Crippen molar-refractivity contribution in [2.45, 2.75) is 39.8 Å². The van der Waals surface area contributed by atoms with Gasteiger partial charge in [-0.15, -0.1) is 0 Å². The molecule has 0 saturated carbocycles. The molecule has 0 saturated heterocycles. The summed E-state index contributed by atoms with van der Waals surface area (Å²) in [5.41, 5.74) is 0.706. The van der Waals surface area contributed by atoms with Crippen molar-refractivity contribution in [2.24, 2.45) is 0 Å². The lowest BCUT2D eigenvalue weighted by molar-refractivity contribution is -0.129. The fourth-order valence-electron chi connectivity index (χ4n) is 2.49. The summed E-state index contributed by atoms with van der Waals surface area (Å²) in [6.07, 6.45) is 0. The Morgan fingerprint density at radius 1 is 1.08 bits per heavy atom. The number of hydrogen-bond donors (Lipinski definition) is 2. The molecule has 7 heteroatoms. The zero-order valence-electron chi connectivity index (χ0n) is 14.5. The average molecular weight is 374 g/mol. The molecule has 1 rings (SSSR count). The molecule has 0 aliphatic heterocycles. The Morgan fingerprint density at radius 3 is 2.08 bits per heavy atom. The van der Waals surface area contributed by atoms with E-state index in [-0.39, 0.29) is 24.4 Å². The van der Waals surface area contributed by atoms with Crippen LogP contribution in [-0.4, -0.2) is 42.4 Å². The van der Waals surface area contributed by atoms with Crippen molar-refractivity contribution in [3.63, 3.8) is 0 Å². The Bertz CT molecular complexity index is 555. The molecule has 0 aliphatic rings. The number of benzene rings is 1. The molecule has 0 fully saturated rings. The van der Waals surface area contributed by atoms with E-state index >= 15 is 0 Å². The largest absolute Gasteiger partial charge is 0.352 e. The fraction of sp³-hybridized carbons (Fsp3) is 0.529. The van der Waals surface area contributed by atoms with E-state index in [1.54, 1.807) is 18.2 Å². The van der Waals surface area contributed by atoms with Gasteiger partial charge >= 0.3 is 0 Å². The van der Waals surface area contributed by atoms with Crippen molar-refractivity contribution >= 4 is 35.0 Å². The monoisotopic (exact) mass is 373 g/mol. The van der Waals surface area contributed by atoms with Gasteiger partial charge in [-0.05, 0) is 50.7 Å². The Kier molecular flexibility index (Phi) is 8.53. The molecule has 134 valence electrons. The second-order valence-corrected chi connectivity index (χ2v) is 6.64. The first-order valence-corrected chi connectivity index (χ1v) is 8.81. The molecular formula is C17H25Cl2N3O2. The molecule has 0 aromatic heterocycles. The van der Waals surface area contributed by atoms with Gasteiger partial charge in [0.25, 0.3) is 0 Å². The van der Waals surface area contributed by atoms with Crippen molar-refractivity contribution in [1.82, 2.24) is 15.5 Å². The van der Waals surface area contributed by atoms with E-state index in [1.165, 1.54) is 0 Å². The first-order valence-electron chi connectivity index (χ1n) is 8.05. The second kappa shape index (κ2) is 9.87. The molecule has 0 bridgehead atoms. The summed E-state index contributed by atoms with van der Waals surface area (Å²) < 4.78 is 0. The van der Waals surface area contributed by atoms with Crippen molar-refractivity contribution < 1.29 is 9.59 Å². The normalized spacial score (nSPS) is 12.3. The van der Waals surface area contributed by atoms with E-state index in [2.05, 4.69) is 10.6 Å². The molecule has 24 heavy (non-hydrogen) atoms.